The van der Waals surface area contributed by atoms with Crippen molar-refractivity contribution in [2.45, 2.75) is 53.0 Å². The molecule has 2 heterocycles. The predicted octanol–water partition coefficient (Wildman–Crippen LogP) is 4.41. The van der Waals surface area contributed by atoms with Crippen LogP contribution in [0.4, 0.5) is 0 Å². The maximum atomic E-state index is 13.0. The van der Waals surface area contributed by atoms with Gasteiger partial charge in [-0.3, -0.25) is 9.69 Å². The summed E-state index contributed by atoms with van der Waals surface area (Å²) in [5.74, 6) is 0.168. The van der Waals surface area contributed by atoms with Gasteiger partial charge < -0.3 is 4.90 Å². The van der Waals surface area contributed by atoms with Crippen LogP contribution in [0.2, 0.25) is 0 Å². The summed E-state index contributed by atoms with van der Waals surface area (Å²) in [5.41, 5.74) is 4.30. The van der Waals surface area contributed by atoms with Gasteiger partial charge in [0.25, 0.3) is 5.91 Å². The van der Waals surface area contributed by atoms with Gasteiger partial charge in [0.1, 0.15) is 0 Å². The second-order valence-corrected chi connectivity index (χ2v) is 9.49. The molecule has 1 aliphatic rings. The van der Waals surface area contributed by atoms with E-state index in [-0.39, 0.29) is 11.3 Å². The zero-order valence-corrected chi connectivity index (χ0v) is 18.0. The summed E-state index contributed by atoms with van der Waals surface area (Å²) >= 11 is 1.75. The van der Waals surface area contributed by atoms with E-state index in [4.69, 9.17) is 4.98 Å². The van der Waals surface area contributed by atoms with Crippen LogP contribution in [-0.2, 0) is 12.0 Å². The van der Waals surface area contributed by atoms with Crippen LogP contribution in [0.1, 0.15) is 59.4 Å². The number of aryl methyl sites for hydroxylation is 2. The average Bonchev–Trinajstić information content (AvgIpc) is 2.96. The van der Waals surface area contributed by atoms with Gasteiger partial charge in [-0.05, 0) is 31.9 Å². The number of benzene rings is 1. The SMILES string of the molecule is Cc1ccc(C)c(C(=O)N2CCCN(Cc3csc(C(C)(C)C)n3)CC2)c1. The fourth-order valence-corrected chi connectivity index (χ4v) is 4.32. The van der Waals surface area contributed by atoms with Crippen molar-refractivity contribution >= 4 is 17.2 Å². The van der Waals surface area contributed by atoms with E-state index in [1.165, 1.54) is 5.01 Å². The van der Waals surface area contributed by atoms with Gasteiger partial charge in [-0.15, -0.1) is 11.3 Å². The molecule has 0 spiro atoms. The summed E-state index contributed by atoms with van der Waals surface area (Å²) in [7, 11) is 0. The lowest BCUT2D eigenvalue weighted by molar-refractivity contribution is 0.0760. The molecule has 0 atom stereocenters. The molecule has 2 aromatic rings. The Morgan fingerprint density at radius 3 is 2.63 bits per heavy atom. The van der Waals surface area contributed by atoms with Crippen molar-refractivity contribution in [2.75, 3.05) is 26.2 Å². The first-order valence-corrected chi connectivity index (χ1v) is 10.7. The monoisotopic (exact) mass is 385 g/mol. The zero-order valence-electron chi connectivity index (χ0n) is 17.2. The third-order valence-electron chi connectivity index (χ3n) is 5.08. The Morgan fingerprint density at radius 2 is 1.93 bits per heavy atom. The summed E-state index contributed by atoms with van der Waals surface area (Å²) in [6.45, 7) is 15.1. The highest BCUT2D eigenvalue weighted by Crippen LogP contribution is 2.26. The first kappa shape index (κ1) is 20.0. The standard InChI is InChI=1S/C22H31N3OS/c1-16-7-8-17(2)19(13-16)20(26)25-10-6-9-24(11-12-25)14-18-15-27-21(23-18)22(3,4)5/h7-8,13,15H,6,9-12,14H2,1-5H3. The molecule has 1 aliphatic heterocycles. The number of thiazole rings is 1. The summed E-state index contributed by atoms with van der Waals surface area (Å²) in [4.78, 5) is 22.3. The van der Waals surface area contributed by atoms with Gasteiger partial charge in [0.15, 0.2) is 0 Å². The Kier molecular flexibility index (Phi) is 6.02. The highest BCUT2D eigenvalue weighted by atomic mass is 32.1. The van der Waals surface area contributed by atoms with Crippen molar-refractivity contribution in [3.05, 3.63) is 51.0 Å². The van der Waals surface area contributed by atoms with Crippen LogP contribution in [0.3, 0.4) is 0 Å². The van der Waals surface area contributed by atoms with Crippen molar-refractivity contribution in [2.24, 2.45) is 0 Å². The lowest BCUT2D eigenvalue weighted by atomic mass is 9.98. The summed E-state index contributed by atoms with van der Waals surface area (Å²) < 4.78 is 0. The van der Waals surface area contributed by atoms with Crippen LogP contribution >= 0.6 is 11.3 Å². The van der Waals surface area contributed by atoms with E-state index in [0.29, 0.717) is 0 Å². The lowest BCUT2D eigenvalue weighted by Gasteiger charge is -2.22. The van der Waals surface area contributed by atoms with E-state index in [9.17, 15) is 4.79 Å². The summed E-state index contributed by atoms with van der Waals surface area (Å²) in [5, 5.41) is 3.38. The topological polar surface area (TPSA) is 36.4 Å². The van der Waals surface area contributed by atoms with E-state index < -0.39 is 0 Å². The Morgan fingerprint density at radius 1 is 1.15 bits per heavy atom. The highest BCUT2D eigenvalue weighted by Gasteiger charge is 2.23. The predicted molar refractivity (Wildman–Crippen MR) is 113 cm³/mol. The molecule has 146 valence electrons. The van der Waals surface area contributed by atoms with Gasteiger partial charge >= 0.3 is 0 Å². The molecule has 5 heteroatoms. The van der Waals surface area contributed by atoms with Crippen molar-refractivity contribution in [1.82, 2.24) is 14.8 Å². The van der Waals surface area contributed by atoms with E-state index in [1.807, 2.05) is 30.9 Å². The van der Waals surface area contributed by atoms with Crippen molar-refractivity contribution < 1.29 is 4.79 Å². The van der Waals surface area contributed by atoms with E-state index in [2.05, 4.69) is 37.1 Å². The van der Waals surface area contributed by atoms with Gasteiger partial charge in [-0.25, -0.2) is 4.98 Å². The molecular weight excluding hydrogens is 354 g/mol. The van der Waals surface area contributed by atoms with Crippen LogP contribution in [0, 0.1) is 13.8 Å². The Labute approximate surface area is 167 Å². The van der Waals surface area contributed by atoms with Crippen LogP contribution < -0.4 is 0 Å². The fraction of sp³-hybridized carbons (Fsp3) is 0.545. The molecule has 1 aromatic carbocycles. The Hall–Kier alpha value is -1.72. The number of hydrogen-bond donors (Lipinski definition) is 0. The first-order valence-electron chi connectivity index (χ1n) is 9.78. The minimum Gasteiger partial charge on any atom is -0.337 e. The van der Waals surface area contributed by atoms with Crippen molar-refractivity contribution in [1.29, 1.82) is 0 Å². The smallest absolute Gasteiger partial charge is 0.254 e. The van der Waals surface area contributed by atoms with E-state index in [1.54, 1.807) is 11.3 Å². The molecule has 4 nitrogen and oxygen atoms in total. The third kappa shape index (κ3) is 4.96. The number of rotatable bonds is 3. The third-order valence-corrected chi connectivity index (χ3v) is 6.40. The molecule has 3 rings (SSSR count). The number of nitrogens with zero attached hydrogens (tertiary/aromatic N) is 3. The van der Waals surface area contributed by atoms with Crippen molar-refractivity contribution in [3.63, 3.8) is 0 Å². The molecule has 0 bridgehead atoms. The fourth-order valence-electron chi connectivity index (χ4n) is 3.42. The second-order valence-electron chi connectivity index (χ2n) is 8.63. The van der Waals surface area contributed by atoms with Gasteiger partial charge in [0, 0.05) is 49.1 Å². The summed E-state index contributed by atoms with van der Waals surface area (Å²) in [6.07, 6.45) is 1.01. The van der Waals surface area contributed by atoms with Crippen LogP contribution in [0.5, 0.6) is 0 Å². The molecule has 0 unspecified atom stereocenters. The minimum atomic E-state index is 0.108. The molecule has 0 radical (unpaired) electrons. The zero-order chi connectivity index (χ0) is 19.6. The Balaban J connectivity index is 1.63. The quantitative estimate of drug-likeness (QED) is 0.785. The molecule has 1 fully saturated rings. The second kappa shape index (κ2) is 8.11. The number of amides is 1. The Bertz CT molecular complexity index is 806. The average molecular weight is 386 g/mol. The van der Waals surface area contributed by atoms with Gasteiger partial charge in [0.2, 0.25) is 0 Å². The molecule has 0 N–H and O–H groups in total. The maximum Gasteiger partial charge on any atom is 0.254 e. The van der Waals surface area contributed by atoms with Crippen molar-refractivity contribution in [3.8, 4) is 0 Å². The van der Waals surface area contributed by atoms with Gasteiger partial charge in [0.05, 0.1) is 10.7 Å². The van der Waals surface area contributed by atoms with Gasteiger partial charge in [-0.2, -0.15) is 0 Å². The largest absolute Gasteiger partial charge is 0.337 e. The number of carbonyl (C=O) groups is 1. The maximum absolute atomic E-state index is 13.0. The van der Waals surface area contributed by atoms with E-state index in [0.717, 1.165) is 61.5 Å². The minimum absolute atomic E-state index is 0.108. The van der Waals surface area contributed by atoms with Crippen LogP contribution in [-0.4, -0.2) is 46.9 Å². The molecule has 0 aliphatic carbocycles. The van der Waals surface area contributed by atoms with Crippen LogP contribution in [0.15, 0.2) is 23.6 Å². The van der Waals surface area contributed by atoms with Crippen LogP contribution in [0.25, 0.3) is 0 Å². The molecule has 1 saturated heterocycles. The molecule has 1 amide bonds. The van der Waals surface area contributed by atoms with Gasteiger partial charge in [-0.1, -0.05) is 38.5 Å². The molecule has 1 aromatic heterocycles. The molecular formula is C22H31N3OS. The molecule has 27 heavy (non-hydrogen) atoms. The normalized spacial score (nSPS) is 16.4. The lowest BCUT2D eigenvalue weighted by Crippen LogP contribution is -2.35. The van der Waals surface area contributed by atoms with E-state index >= 15 is 0 Å². The number of aromatic nitrogens is 1. The number of hydrogen-bond acceptors (Lipinski definition) is 4. The molecule has 0 saturated carbocycles. The number of carbonyl (C=O) groups excluding carboxylic acids is 1. The summed E-state index contributed by atoms with van der Waals surface area (Å²) in [6, 6.07) is 6.13. The highest BCUT2D eigenvalue weighted by molar-refractivity contribution is 7.09. The first-order chi connectivity index (χ1) is 12.7.